The molecule has 3 N–H and O–H groups in total. The molecule has 1 aliphatic heterocycles. The van der Waals surface area contributed by atoms with E-state index < -0.39 is 18.1 Å². The lowest BCUT2D eigenvalue weighted by atomic mass is 10.0. The van der Waals surface area contributed by atoms with Crippen molar-refractivity contribution < 1.29 is 23.9 Å². The Hall–Kier alpha value is -4.56. The van der Waals surface area contributed by atoms with Gasteiger partial charge >= 0.3 is 12.0 Å². The molecule has 0 unspecified atom stereocenters. The number of pyridine rings is 1. The first-order valence-electron chi connectivity index (χ1n) is 14.6. The number of carbonyl (C=O) groups excluding carboxylic acids is 4. The van der Waals surface area contributed by atoms with Gasteiger partial charge in [0.15, 0.2) is 5.78 Å². The van der Waals surface area contributed by atoms with E-state index in [0.29, 0.717) is 38.9 Å². The second-order valence-corrected chi connectivity index (χ2v) is 12.5. The van der Waals surface area contributed by atoms with Gasteiger partial charge in [0, 0.05) is 36.3 Å². The van der Waals surface area contributed by atoms with E-state index in [1.807, 2.05) is 19.9 Å². The summed E-state index contributed by atoms with van der Waals surface area (Å²) in [7, 11) is 0. The van der Waals surface area contributed by atoms with Gasteiger partial charge in [-0.3, -0.25) is 19.1 Å². The lowest BCUT2D eigenvalue weighted by molar-refractivity contribution is -0.138. The predicted octanol–water partition coefficient (Wildman–Crippen LogP) is 3.37. The standard InChI is InChI=1S/C31H31BrN8O5/c1-15(2)27(33)30(44)45-31-34-12-19(13-35-31)17-7-8-21-20(9-17)28(16(3)41)38-39(21)14-26(42)40-22-10-18(22)11-23(40)29(43)37-25-6-4-5-24(32)36-25/h4-9,12-13,15,18,22-23,27H,10-11,14,33H2,1-3H3,(H,36,37,43)/t18-,22-,23+,27+/m1/s1. The van der Waals surface area contributed by atoms with Crippen molar-refractivity contribution in [1.29, 1.82) is 0 Å². The molecule has 0 spiro atoms. The molecule has 1 saturated heterocycles. The lowest BCUT2D eigenvalue weighted by Crippen LogP contribution is -2.46. The van der Waals surface area contributed by atoms with Crippen LogP contribution in [0.2, 0.25) is 0 Å². The Morgan fingerprint density at radius 1 is 1.09 bits per heavy atom. The fourth-order valence-corrected chi connectivity index (χ4v) is 5.98. The molecular weight excluding hydrogens is 644 g/mol. The van der Waals surface area contributed by atoms with Crippen molar-refractivity contribution in [3.8, 4) is 17.1 Å². The number of nitrogens with one attached hydrogen (secondary N) is 1. The van der Waals surface area contributed by atoms with Gasteiger partial charge in [-0.25, -0.2) is 19.7 Å². The minimum Gasteiger partial charge on any atom is -0.390 e. The molecule has 6 rings (SSSR count). The summed E-state index contributed by atoms with van der Waals surface area (Å²) in [4.78, 5) is 65.8. The summed E-state index contributed by atoms with van der Waals surface area (Å²) >= 11 is 3.31. The van der Waals surface area contributed by atoms with E-state index in [4.69, 9.17) is 10.5 Å². The molecule has 2 amide bonds. The molecule has 1 aliphatic carbocycles. The molecule has 0 radical (unpaired) electrons. The maximum absolute atomic E-state index is 13.7. The van der Waals surface area contributed by atoms with E-state index in [0.717, 1.165) is 6.42 Å². The second-order valence-electron chi connectivity index (χ2n) is 11.7. The highest BCUT2D eigenvalue weighted by Crippen LogP contribution is 2.48. The van der Waals surface area contributed by atoms with Crippen LogP contribution in [0.25, 0.3) is 22.0 Å². The number of carbonyl (C=O) groups is 4. The van der Waals surface area contributed by atoms with Crippen LogP contribution in [0.5, 0.6) is 6.01 Å². The summed E-state index contributed by atoms with van der Waals surface area (Å²) in [6.07, 6.45) is 4.46. The third kappa shape index (κ3) is 6.20. The van der Waals surface area contributed by atoms with Gasteiger partial charge in [-0.15, -0.1) is 0 Å². The van der Waals surface area contributed by atoms with Gasteiger partial charge in [0.05, 0.1) is 5.52 Å². The van der Waals surface area contributed by atoms with Crippen LogP contribution < -0.4 is 15.8 Å². The zero-order chi connectivity index (χ0) is 32.0. The summed E-state index contributed by atoms with van der Waals surface area (Å²) in [5.41, 5.74) is 7.97. The van der Waals surface area contributed by atoms with Crippen molar-refractivity contribution in [3.05, 3.63) is 59.1 Å². The van der Waals surface area contributed by atoms with Crippen molar-refractivity contribution in [2.45, 2.75) is 58.3 Å². The van der Waals surface area contributed by atoms with Gasteiger partial charge in [-0.2, -0.15) is 5.10 Å². The van der Waals surface area contributed by atoms with Crippen molar-refractivity contribution in [1.82, 2.24) is 29.6 Å². The molecule has 4 heterocycles. The van der Waals surface area contributed by atoms with Crippen LogP contribution in [0, 0.1) is 11.8 Å². The van der Waals surface area contributed by atoms with Gasteiger partial charge in [-0.05, 0) is 70.4 Å². The van der Waals surface area contributed by atoms with Gasteiger partial charge in [0.25, 0.3) is 0 Å². The van der Waals surface area contributed by atoms with Crippen molar-refractivity contribution >= 4 is 56.2 Å². The Kier molecular flexibility index (Phi) is 8.18. The first-order valence-corrected chi connectivity index (χ1v) is 15.3. The summed E-state index contributed by atoms with van der Waals surface area (Å²) in [6.45, 7) is 4.91. The van der Waals surface area contributed by atoms with E-state index in [-0.39, 0.29) is 53.7 Å². The zero-order valence-corrected chi connectivity index (χ0v) is 26.4. The molecule has 4 aromatic rings. The monoisotopic (exact) mass is 674 g/mol. The van der Waals surface area contributed by atoms with Gasteiger partial charge in [-0.1, -0.05) is 26.0 Å². The zero-order valence-electron chi connectivity index (χ0n) is 24.8. The second kappa shape index (κ2) is 12.1. The molecule has 4 atom stereocenters. The molecule has 45 heavy (non-hydrogen) atoms. The summed E-state index contributed by atoms with van der Waals surface area (Å²) in [5.74, 6) is -0.824. The lowest BCUT2D eigenvalue weighted by Gasteiger charge is -2.26. The van der Waals surface area contributed by atoms with E-state index in [2.05, 4.69) is 41.3 Å². The number of nitrogens with two attached hydrogens (primary N) is 1. The molecule has 1 saturated carbocycles. The Labute approximate surface area is 266 Å². The largest absolute Gasteiger partial charge is 0.390 e. The Morgan fingerprint density at radius 3 is 2.53 bits per heavy atom. The third-order valence-electron chi connectivity index (χ3n) is 8.17. The number of ketones is 1. The first kappa shape index (κ1) is 30.5. The van der Waals surface area contributed by atoms with E-state index >= 15 is 0 Å². The molecule has 0 bridgehead atoms. The molecule has 2 fully saturated rings. The number of hydrogen-bond acceptors (Lipinski definition) is 10. The SMILES string of the molecule is CC(=O)c1nn(CC(=O)N2[C@@H]3C[C@@H]3C[C@H]2C(=O)Nc2cccc(Br)n2)c2ccc(-c3cnc(OC(=O)[C@@H](N)C(C)C)nc3)cc12. The van der Waals surface area contributed by atoms with E-state index in [1.54, 1.807) is 35.2 Å². The van der Waals surface area contributed by atoms with Crippen LogP contribution in [0.4, 0.5) is 5.82 Å². The van der Waals surface area contributed by atoms with Crippen LogP contribution in [0.3, 0.4) is 0 Å². The fraction of sp³-hybridized carbons (Fsp3) is 0.355. The fourth-order valence-electron chi connectivity index (χ4n) is 5.63. The van der Waals surface area contributed by atoms with Crippen molar-refractivity contribution in [2.75, 3.05) is 5.32 Å². The number of Topliss-reactive ketones (excluding diaryl/α,β-unsaturated/α-hetero) is 1. The van der Waals surface area contributed by atoms with Crippen LogP contribution in [-0.2, 0) is 20.9 Å². The molecular formula is C31H31BrN8O5. The minimum absolute atomic E-state index is 0.00720. The van der Waals surface area contributed by atoms with Crippen LogP contribution in [0.1, 0.15) is 44.1 Å². The number of fused-ring (bicyclic) bond motifs is 2. The summed E-state index contributed by atoms with van der Waals surface area (Å²) in [6, 6.07) is 9.07. The number of halogens is 1. The highest BCUT2D eigenvalue weighted by atomic mass is 79.9. The number of amides is 2. The maximum atomic E-state index is 13.7. The highest BCUT2D eigenvalue weighted by Gasteiger charge is 2.56. The number of nitrogens with zero attached hydrogens (tertiary/aromatic N) is 6. The smallest absolute Gasteiger partial charge is 0.330 e. The number of piperidine rings is 1. The maximum Gasteiger partial charge on any atom is 0.330 e. The number of aromatic nitrogens is 5. The molecule has 232 valence electrons. The number of rotatable bonds is 9. The van der Waals surface area contributed by atoms with Crippen molar-refractivity contribution in [2.24, 2.45) is 17.6 Å². The molecule has 14 heteroatoms. The van der Waals surface area contributed by atoms with Crippen LogP contribution in [0.15, 0.2) is 53.4 Å². The normalized spacial score (nSPS) is 19.3. The number of hydrogen-bond donors (Lipinski definition) is 2. The summed E-state index contributed by atoms with van der Waals surface area (Å²) in [5, 5.41) is 7.89. The number of esters is 1. The van der Waals surface area contributed by atoms with Gasteiger partial charge in [0.2, 0.25) is 11.8 Å². The van der Waals surface area contributed by atoms with Crippen LogP contribution in [-0.4, -0.2) is 71.3 Å². The van der Waals surface area contributed by atoms with Gasteiger partial charge < -0.3 is 20.7 Å². The van der Waals surface area contributed by atoms with E-state index in [1.165, 1.54) is 24.0 Å². The summed E-state index contributed by atoms with van der Waals surface area (Å²) < 4.78 is 7.29. The first-order chi connectivity index (χ1) is 21.5. The Balaban J connectivity index is 1.21. The van der Waals surface area contributed by atoms with Crippen molar-refractivity contribution in [3.63, 3.8) is 0 Å². The van der Waals surface area contributed by atoms with Crippen LogP contribution >= 0.6 is 15.9 Å². The van der Waals surface area contributed by atoms with Gasteiger partial charge in [0.1, 0.15) is 34.7 Å². The quantitative estimate of drug-likeness (QED) is 0.152. The Bertz CT molecular complexity index is 1820. The third-order valence-corrected chi connectivity index (χ3v) is 8.62. The number of benzene rings is 1. The van der Waals surface area contributed by atoms with E-state index in [9.17, 15) is 19.2 Å². The predicted molar refractivity (Wildman–Crippen MR) is 167 cm³/mol. The molecule has 2 aliphatic rings. The molecule has 13 nitrogen and oxygen atoms in total. The molecule has 3 aromatic heterocycles. The number of anilines is 1. The minimum atomic E-state index is -0.794. The average molecular weight is 676 g/mol. The highest BCUT2D eigenvalue weighted by molar-refractivity contribution is 9.10. The average Bonchev–Trinajstić information content (AvgIpc) is 3.51. The number of likely N-dealkylation sites (tertiary alicyclic amines) is 1. The number of ether oxygens (including phenoxy) is 1. The topological polar surface area (TPSA) is 175 Å². The Morgan fingerprint density at radius 2 is 1.84 bits per heavy atom. The molecule has 1 aromatic carbocycles.